The molecule has 8 rings (SSSR count). The van der Waals surface area contributed by atoms with Crippen molar-refractivity contribution in [2.45, 2.75) is 131 Å². The van der Waals surface area contributed by atoms with Crippen molar-refractivity contribution in [3.8, 4) is 17.3 Å². The van der Waals surface area contributed by atoms with Crippen molar-refractivity contribution in [2.24, 2.45) is 0 Å². The summed E-state index contributed by atoms with van der Waals surface area (Å²) in [4.78, 5) is 9.44. The molecule has 0 saturated heterocycles. The Morgan fingerprint density at radius 3 is 1.78 bits per heavy atom. The molecule has 0 aliphatic carbocycles. The minimum atomic E-state index is -0.179. The van der Waals surface area contributed by atoms with E-state index in [1.165, 1.54) is 22.3 Å². The summed E-state index contributed by atoms with van der Waals surface area (Å²) < 4.78 is 9.11. The second kappa shape index (κ2) is 16.7. The Morgan fingerprint density at radius 1 is 0.531 bits per heavy atom. The largest absolute Gasteiger partial charge is 0.509 e. The molecule has 1 aliphatic rings. The number of benzene rings is 5. The number of fused-ring (bicyclic) bond motifs is 3. The molecular formula is C58H65N4OPt-3. The summed E-state index contributed by atoms with van der Waals surface area (Å²) in [5, 5.41) is 2.24. The monoisotopic (exact) mass is 1030 g/mol. The number of pyridine rings is 1. The van der Waals surface area contributed by atoms with Crippen LogP contribution in [0.15, 0.2) is 116 Å². The van der Waals surface area contributed by atoms with Crippen molar-refractivity contribution in [1.29, 1.82) is 0 Å². The van der Waals surface area contributed by atoms with Gasteiger partial charge < -0.3 is 19.1 Å². The molecule has 2 aromatic heterocycles. The molecule has 336 valence electrons. The summed E-state index contributed by atoms with van der Waals surface area (Å²) in [6.07, 6.45) is 4.19. The maximum Gasteiger partial charge on any atom is 0.135 e. The molecule has 7 aromatic rings. The topological polar surface area (TPSA) is 33.5 Å². The van der Waals surface area contributed by atoms with Gasteiger partial charge in [-0.15, -0.1) is 53.6 Å². The Morgan fingerprint density at radius 2 is 1.14 bits per heavy atom. The maximum absolute atomic E-state index is 6.90. The van der Waals surface area contributed by atoms with Gasteiger partial charge in [0, 0.05) is 55.7 Å². The molecule has 0 amide bonds. The van der Waals surface area contributed by atoms with Crippen molar-refractivity contribution in [3.63, 3.8) is 0 Å². The first-order chi connectivity index (χ1) is 29.3. The van der Waals surface area contributed by atoms with E-state index in [1.807, 2.05) is 12.3 Å². The predicted octanol–water partition coefficient (Wildman–Crippen LogP) is 15.5. The van der Waals surface area contributed by atoms with Crippen LogP contribution in [-0.2, 0) is 48.1 Å². The fourth-order valence-electron chi connectivity index (χ4n) is 8.18. The number of anilines is 2. The zero-order chi connectivity index (χ0) is 45.4. The van der Waals surface area contributed by atoms with Gasteiger partial charge in [0.2, 0.25) is 0 Å². The molecule has 0 unspecified atom stereocenters. The van der Waals surface area contributed by atoms with Crippen LogP contribution >= 0.6 is 0 Å². The standard InChI is InChI=1S/C58H65N4O.Pt/c1-54(2,3)39-19-18-20-44(30-39)60-36-52(38-27-41(56(7,8)9)29-42(28-38)57(10,11)12)61(37-60)45-31-43(58(13,14)15)32-47(34-45)63-46-23-24-49-48-21-16-17-22-50(48)62(51(49)35-46)53-33-40(25-26-59-53)55(4,5)6;/h16-33,36-37H,1-15H3;/q-3;. The molecule has 0 atom stereocenters. The van der Waals surface area contributed by atoms with E-state index in [9.17, 15) is 0 Å². The van der Waals surface area contributed by atoms with E-state index in [0.29, 0.717) is 11.5 Å². The number of rotatable bonds is 6. The van der Waals surface area contributed by atoms with Crippen LogP contribution in [0.1, 0.15) is 137 Å². The number of ether oxygens (including phenoxy) is 1. The molecule has 1 aliphatic heterocycles. The van der Waals surface area contributed by atoms with Crippen molar-refractivity contribution in [1.82, 2.24) is 9.55 Å². The second-order valence-electron chi connectivity index (χ2n) is 22.6. The third-order valence-corrected chi connectivity index (χ3v) is 12.3. The summed E-state index contributed by atoms with van der Waals surface area (Å²) in [6, 6.07) is 44.9. The third-order valence-electron chi connectivity index (χ3n) is 12.3. The Kier molecular flexibility index (Phi) is 12.2. The van der Waals surface area contributed by atoms with Gasteiger partial charge in [-0.1, -0.05) is 146 Å². The summed E-state index contributed by atoms with van der Waals surface area (Å²) in [5.41, 5.74) is 12.2. The number of hydrogen-bond acceptors (Lipinski definition) is 4. The second-order valence-corrected chi connectivity index (χ2v) is 22.6. The molecule has 64 heavy (non-hydrogen) atoms. The number of hydrogen-bond donors (Lipinski definition) is 0. The van der Waals surface area contributed by atoms with Crippen LogP contribution < -0.4 is 14.5 Å². The third kappa shape index (κ3) is 9.48. The Bertz CT molecular complexity index is 2850. The van der Waals surface area contributed by atoms with Crippen LogP contribution in [0.25, 0.3) is 33.3 Å². The first kappa shape index (κ1) is 46.9. The van der Waals surface area contributed by atoms with Crippen LogP contribution in [-0.4, -0.2) is 9.55 Å². The van der Waals surface area contributed by atoms with E-state index in [0.717, 1.165) is 55.8 Å². The van der Waals surface area contributed by atoms with Crippen LogP contribution in [0.2, 0.25) is 0 Å². The van der Waals surface area contributed by atoms with Crippen molar-refractivity contribution < 1.29 is 25.8 Å². The fraction of sp³-hybridized carbons (Fsp3) is 0.345. The molecule has 0 fully saturated rings. The van der Waals surface area contributed by atoms with Gasteiger partial charge >= 0.3 is 0 Å². The molecule has 0 bridgehead atoms. The van der Waals surface area contributed by atoms with Gasteiger partial charge in [-0.05, 0) is 109 Å². The van der Waals surface area contributed by atoms with E-state index in [-0.39, 0.29) is 48.1 Å². The summed E-state index contributed by atoms with van der Waals surface area (Å²) in [7, 11) is 0. The Labute approximate surface area is 397 Å². The maximum atomic E-state index is 6.90. The van der Waals surface area contributed by atoms with Gasteiger partial charge in [0.05, 0.1) is 0 Å². The van der Waals surface area contributed by atoms with Gasteiger partial charge in [0.25, 0.3) is 0 Å². The Hall–Kier alpha value is -5.12. The SMILES string of the molecule is CC(C)(C)c1cc(Oc2[c-]c3c(cc2)c2ccccc2n3-c2cc(C(C)(C)C)ccn2)[c-]c(N2[CH-]N(c3cccc(C(C)(C)C)c3)C=C2c2cc(C(C)(C)C)cc(C(C)(C)C)c2)c1.[Pt]. The smallest absolute Gasteiger partial charge is 0.135 e. The van der Waals surface area contributed by atoms with Gasteiger partial charge in [0.15, 0.2) is 0 Å². The van der Waals surface area contributed by atoms with E-state index in [4.69, 9.17) is 9.72 Å². The summed E-state index contributed by atoms with van der Waals surface area (Å²) >= 11 is 0. The van der Waals surface area contributed by atoms with Crippen molar-refractivity contribution in [2.75, 3.05) is 9.80 Å². The number of para-hydroxylation sites is 1. The molecule has 5 aromatic carbocycles. The summed E-state index contributed by atoms with van der Waals surface area (Å²) in [5.74, 6) is 2.10. The molecule has 0 N–H and O–H groups in total. The first-order valence-electron chi connectivity index (χ1n) is 22.4. The summed E-state index contributed by atoms with van der Waals surface area (Å²) in [6.45, 7) is 36.3. The molecule has 0 radical (unpaired) electrons. The van der Waals surface area contributed by atoms with Crippen LogP contribution in [0, 0.1) is 18.8 Å². The Balaban J connectivity index is 0.00000612. The predicted molar refractivity (Wildman–Crippen MR) is 266 cm³/mol. The fourth-order valence-corrected chi connectivity index (χ4v) is 8.18. The molecule has 3 heterocycles. The van der Waals surface area contributed by atoms with Gasteiger partial charge in [0.1, 0.15) is 5.82 Å². The van der Waals surface area contributed by atoms with E-state index < -0.39 is 0 Å². The average molecular weight is 1030 g/mol. The van der Waals surface area contributed by atoms with Crippen molar-refractivity contribution in [3.05, 3.63) is 168 Å². The van der Waals surface area contributed by atoms with Gasteiger partial charge in [-0.25, -0.2) is 4.98 Å². The molecule has 0 saturated carbocycles. The molecule has 6 heteroatoms. The van der Waals surface area contributed by atoms with E-state index in [1.54, 1.807) is 0 Å². The molecular weight excluding hydrogens is 964 g/mol. The quantitative estimate of drug-likeness (QED) is 0.155. The average Bonchev–Trinajstić information content (AvgIpc) is 3.79. The number of nitrogens with zero attached hydrogens (tertiary/aromatic N) is 4. The van der Waals surface area contributed by atoms with E-state index in [2.05, 4.69) is 240 Å². The van der Waals surface area contributed by atoms with Gasteiger partial charge in [-0.3, -0.25) is 0 Å². The first-order valence-corrected chi connectivity index (χ1v) is 22.4. The van der Waals surface area contributed by atoms with Gasteiger partial charge in [-0.2, -0.15) is 6.07 Å². The zero-order valence-corrected chi connectivity index (χ0v) is 42.8. The number of aromatic nitrogens is 2. The van der Waals surface area contributed by atoms with Crippen LogP contribution in [0.4, 0.5) is 11.4 Å². The van der Waals surface area contributed by atoms with Crippen molar-refractivity contribution >= 4 is 38.9 Å². The molecule has 0 spiro atoms. The van der Waals surface area contributed by atoms with Crippen LogP contribution in [0.3, 0.4) is 0 Å². The van der Waals surface area contributed by atoms with E-state index >= 15 is 0 Å². The minimum absolute atomic E-state index is 0. The van der Waals surface area contributed by atoms with Crippen LogP contribution in [0.5, 0.6) is 11.5 Å². The zero-order valence-electron chi connectivity index (χ0n) is 40.6. The molecule has 5 nitrogen and oxygen atoms in total. The normalized spacial score (nSPS) is 14.0. The minimum Gasteiger partial charge on any atom is -0.509 e.